The van der Waals surface area contributed by atoms with Gasteiger partial charge in [-0.25, -0.2) is 0 Å². The smallest absolute Gasteiger partial charge is 0.223 e. The quantitative estimate of drug-likeness (QED) is 0.936. The fourth-order valence-electron chi connectivity index (χ4n) is 3.21. The van der Waals surface area contributed by atoms with Crippen molar-refractivity contribution in [2.75, 3.05) is 6.54 Å². The molecule has 0 unspecified atom stereocenters. The third-order valence-electron chi connectivity index (χ3n) is 4.40. The van der Waals surface area contributed by atoms with E-state index < -0.39 is 0 Å². The molecule has 1 aliphatic heterocycles. The second-order valence-corrected chi connectivity index (χ2v) is 5.57. The lowest BCUT2D eigenvalue weighted by molar-refractivity contribution is -0.132. The SMILES string of the molecule is NC[C@@]1(c2ccccc2)CCC(=O)N1Cc1ccccc1. The van der Waals surface area contributed by atoms with Crippen molar-refractivity contribution >= 4 is 5.91 Å². The van der Waals surface area contributed by atoms with Crippen molar-refractivity contribution < 1.29 is 4.79 Å². The normalized spacial score (nSPS) is 21.8. The number of nitrogens with two attached hydrogens (primary N) is 1. The number of carbonyl (C=O) groups is 1. The van der Waals surface area contributed by atoms with Gasteiger partial charge in [0.2, 0.25) is 5.91 Å². The third kappa shape index (κ3) is 2.45. The van der Waals surface area contributed by atoms with Gasteiger partial charge in [0.1, 0.15) is 0 Å². The van der Waals surface area contributed by atoms with Crippen molar-refractivity contribution in [2.24, 2.45) is 5.73 Å². The maximum atomic E-state index is 12.4. The van der Waals surface area contributed by atoms with Crippen molar-refractivity contribution in [3.63, 3.8) is 0 Å². The number of likely N-dealkylation sites (tertiary alicyclic amines) is 1. The molecule has 0 bridgehead atoms. The molecule has 3 heteroatoms. The number of benzene rings is 2. The number of carbonyl (C=O) groups excluding carboxylic acids is 1. The van der Waals surface area contributed by atoms with Gasteiger partial charge in [-0.3, -0.25) is 4.79 Å². The maximum Gasteiger partial charge on any atom is 0.223 e. The van der Waals surface area contributed by atoms with Crippen LogP contribution in [0.25, 0.3) is 0 Å². The molecule has 0 saturated carbocycles. The summed E-state index contributed by atoms with van der Waals surface area (Å²) in [5.41, 5.74) is 8.02. The van der Waals surface area contributed by atoms with Crippen LogP contribution in [0.15, 0.2) is 60.7 Å². The molecule has 3 nitrogen and oxygen atoms in total. The van der Waals surface area contributed by atoms with Crippen molar-refractivity contribution in [3.8, 4) is 0 Å². The molecular weight excluding hydrogens is 260 g/mol. The molecule has 1 heterocycles. The number of rotatable bonds is 4. The predicted molar refractivity (Wildman–Crippen MR) is 83.4 cm³/mol. The summed E-state index contributed by atoms with van der Waals surface area (Å²) in [6.45, 7) is 1.07. The molecule has 1 saturated heterocycles. The minimum Gasteiger partial charge on any atom is -0.328 e. The molecule has 21 heavy (non-hydrogen) atoms. The Hall–Kier alpha value is -2.13. The van der Waals surface area contributed by atoms with E-state index >= 15 is 0 Å². The Kier molecular flexibility index (Phi) is 3.76. The predicted octanol–water partition coefficient (Wildman–Crippen LogP) is 2.66. The van der Waals surface area contributed by atoms with E-state index in [0.29, 0.717) is 19.5 Å². The van der Waals surface area contributed by atoms with Crippen LogP contribution in [-0.2, 0) is 16.9 Å². The number of hydrogen-bond donors (Lipinski definition) is 1. The molecule has 3 rings (SSSR count). The van der Waals surface area contributed by atoms with Crippen molar-refractivity contribution in [1.29, 1.82) is 0 Å². The molecule has 0 spiro atoms. The summed E-state index contributed by atoms with van der Waals surface area (Å²) in [4.78, 5) is 14.4. The zero-order chi connectivity index (χ0) is 14.7. The minimum atomic E-state index is -0.367. The number of nitrogens with zero attached hydrogens (tertiary/aromatic N) is 1. The van der Waals surface area contributed by atoms with E-state index in [1.54, 1.807) is 0 Å². The highest BCUT2D eigenvalue weighted by atomic mass is 16.2. The molecule has 0 aliphatic carbocycles. The van der Waals surface area contributed by atoms with Gasteiger partial charge in [-0.05, 0) is 17.5 Å². The van der Waals surface area contributed by atoms with Crippen LogP contribution >= 0.6 is 0 Å². The van der Waals surface area contributed by atoms with Crippen LogP contribution in [-0.4, -0.2) is 17.4 Å². The largest absolute Gasteiger partial charge is 0.328 e. The van der Waals surface area contributed by atoms with Gasteiger partial charge < -0.3 is 10.6 Å². The van der Waals surface area contributed by atoms with Crippen molar-refractivity contribution in [1.82, 2.24) is 4.90 Å². The van der Waals surface area contributed by atoms with E-state index in [1.807, 2.05) is 41.3 Å². The Morgan fingerprint density at radius 2 is 1.62 bits per heavy atom. The van der Waals surface area contributed by atoms with Gasteiger partial charge in [0.05, 0.1) is 5.54 Å². The van der Waals surface area contributed by atoms with Gasteiger partial charge in [0, 0.05) is 19.5 Å². The molecule has 2 N–H and O–H groups in total. The summed E-state index contributed by atoms with van der Waals surface area (Å²) < 4.78 is 0. The van der Waals surface area contributed by atoms with Gasteiger partial charge in [0.25, 0.3) is 0 Å². The topological polar surface area (TPSA) is 46.3 Å². The molecule has 1 aliphatic rings. The molecule has 1 atom stereocenters. The van der Waals surface area contributed by atoms with Crippen LogP contribution in [0.5, 0.6) is 0 Å². The molecule has 0 radical (unpaired) electrons. The van der Waals surface area contributed by atoms with Gasteiger partial charge >= 0.3 is 0 Å². The molecule has 0 aromatic heterocycles. The summed E-state index contributed by atoms with van der Waals surface area (Å²) in [5.74, 6) is 0.188. The highest BCUT2D eigenvalue weighted by Gasteiger charge is 2.45. The van der Waals surface area contributed by atoms with E-state index in [4.69, 9.17) is 5.73 Å². The van der Waals surface area contributed by atoms with Gasteiger partial charge in [-0.2, -0.15) is 0 Å². The Labute approximate surface area is 125 Å². The standard InChI is InChI=1S/C18H20N2O/c19-14-18(16-9-5-2-6-10-16)12-11-17(21)20(18)13-15-7-3-1-4-8-15/h1-10H,11-14,19H2/t18-/m1/s1. The summed E-state index contributed by atoms with van der Waals surface area (Å²) in [6.07, 6.45) is 1.36. The van der Waals surface area contributed by atoms with Crippen LogP contribution in [0.4, 0.5) is 0 Å². The average Bonchev–Trinajstić information content (AvgIpc) is 2.87. The highest BCUT2D eigenvalue weighted by Crippen LogP contribution is 2.39. The molecular formula is C18H20N2O. The fourth-order valence-corrected chi connectivity index (χ4v) is 3.21. The van der Waals surface area contributed by atoms with Crippen LogP contribution in [0.1, 0.15) is 24.0 Å². The molecule has 2 aromatic rings. The fraction of sp³-hybridized carbons (Fsp3) is 0.278. The van der Waals surface area contributed by atoms with Crippen molar-refractivity contribution in [2.45, 2.75) is 24.9 Å². The average molecular weight is 280 g/mol. The van der Waals surface area contributed by atoms with E-state index in [2.05, 4.69) is 24.3 Å². The summed E-state index contributed by atoms with van der Waals surface area (Å²) in [6, 6.07) is 20.3. The highest BCUT2D eigenvalue weighted by molar-refractivity contribution is 5.80. The van der Waals surface area contributed by atoms with Gasteiger partial charge in [-0.1, -0.05) is 60.7 Å². The first-order valence-electron chi connectivity index (χ1n) is 7.36. The first-order chi connectivity index (χ1) is 10.3. The number of hydrogen-bond acceptors (Lipinski definition) is 2. The van der Waals surface area contributed by atoms with Gasteiger partial charge in [0.15, 0.2) is 0 Å². The van der Waals surface area contributed by atoms with Crippen LogP contribution in [0, 0.1) is 0 Å². The summed E-state index contributed by atoms with van der Waals surface area (Å²) >= 11 is 0. The maximum absolute atomic E-state index is 12.4. The van der Waals surface area contributed by atoms with Gasteiger partial charge in [-0.15, -0.1) is 0 Å². The number of amides is 1. The first kappa shape index (κ1) is 13.8. The molecule has 2 aromatic carbocycles. The van der Waals surface area contributed by atoms with E-state index in [-0.39, 0.29) is 11.4 Å². The summed E-state index contributed by atoms with van der Waals surface area (Å²) in [7, 11) is 0. The van der Waals surface area contributed by atoms with Crippen LogP contribution < -0.4 is 5.73 Å². The second kappa shape index (κ2) is 5.70. The first-order valence-corrected chi connectivity index (χ1v) is 7.36. The Morgan fingerprint density at radius 3 is 2.24 bits per heavy atom. The molecule has 108 valence electrons. The lowest BCUT2D eigenvalue weighted by Gasteiger charge is -2.38. The minimum absolute atomic E-state index is 0.188. The zero-order valence-corrected chi connectivity index (χ0v) is 12.0. The summed E-state index contributed by atoms with van der Waals surface area (Å²) in [5, 5.41) is 0. The Balaban J connectivity index is 1.97. The lowest BCUT2D eigenvalue weighted by Crippen LogP contribution is -2.48. The van der Waals surface area contributed by atoms with Crippen LogP contribution in [0.3, 0.4) is 0 Å². The molecule has 1 amide bonds. The monoisotopic (exact) mass is 280 g/mol. The molecule has 1 fully saturated rings. The van der Waals surface area contributed by atoms with E-state index in [0.717, 1.165) is 17.5 Å². The van der Waals surface area contributed by atoms with E-state index in [9.17, 15) is 4.79 Å². The van der Waals surface area contributed by atoms with Crippen molar-refractivity contribution in [3.05, 3.63) is 71.8 Å². The van der Waals surface area contributed by atoms with Crippen LogP contribution in [0.2, 0.25) is 0 Å². The Morgan fingerprint density at radius 1 is 1.00 bits per heavy atom. The Bertz CT molecular complexity index is 612. The lowest BCUT2D eigenvalue weighted by atomic mass is 9.87. The second-order valence-electron chi connectivity index (χ2n) is 5.57. The van der Waals surface area contributed by atoms with E-state index in [1.165, 1.54) is 0 Å². The third-order valence-corrected chi connectivity index (χ3v) is 4.40. The zero-order valence-electron chi connectivity index (χ0n) is 12.0.